The number of fused-ring (bicyclic) bond motifs is 3. The highest BCUT2D eigenvalue weighted by Crippen LogP contribution is 2.44. The number of anilines is 1. The molecule has 2 N–H and O–H groups in total. The van der Waals surface area contributed by atoms with Crippen molar-refractivity contribution < 1.29 is 28.2 Å². The van der Waals surface area contributed by atoms with Crippen LogP contribution in [-0.2, 0) is 19.1 Å². The van der Waals surface area contributed by atoms with Gasteiger partial charge in [-0.05, 0) is 53.6 Å². The summed E-state index contributed by atoms with van der Waals surface area (Å²) < 4.78 is 25.7. The summed E-state index contributed by atoms with van der Waals surface area (Å²) in [7, 11) is 0. The van der Waals surface area contributed by atoms with Gasteiger partial charge in [0.1, 0.15) is 18.8 Å². The molecule has 1 atom stereocenters. The van der Waals surface area contributed by atoms with Gasteiger partial charge in [-0.15, -0.1) is 0 Å². The number of hydrogen-bond acceptors (Lipinski definition) is 6. The Morgan fingerprint density at radius 2 is 1.60 bits per heavy atom. The Hall–Kier alpha value is -3.66. The zero-order valence-electron chi connectivity index (χ0n) is 23.6. The predicted molar refractivity (Wildman–Crippen MR) is 163 cm³/mol. The van der Waals surface area contributed by atoms with Crippen LogP contribution in [0.1, 0.15) is 43.2 Å². The Bertz CT molecular complexity index is 1470. The molecule has 1 aliphatic carbocycles. The molecule has 0 aromatic heterocycles. The number of carbonyl (C=O) groups is 3. The van der Waals surface area contributed by atoms with Gasteiger partial charge in [0.05, 0.1) is 15.7 Å². The normalized spacial score (nSPS) is 15.7. The number of nitrogens with one attached hydrogen (secondary N) is 2. The van der Waals surface area contributed by atoms with Gasteiger partial charge in [0, 0.05) is 32.5 Å². The van der Waals surface area contributed by atoms with Crippen molar-refractivity contribution in [1.29, 1.82) is 0 Å². The molecule has 0 radical (unpaired) electrons. The Kier molecular flexibility index (Phi) is 9.85. The number of amides is 2. The van der Waals surface area contributed by atoms with Gasteiger partial charge >= 0.3 is 12.1 Å². The fourth-order valence-electron chi connectivity index (χ4n) is 5.69. The van der Waals surface area contributed by atoms with Gasteiger partial charge in [0.2, 0.25) is 5.91 Å². The lowest BCUT2D eigenvalue weighted by Gasteiger charge is -2.32. The van der Waals surface area contributed by atoms with E-state index in [0.717, 1.165) is 22.3 Å². The third-order valence-electron chi connectivity index (χ3n) is 7.85. The number of carbonyl (C=O) groups excluding carboxylic acids is 3. The first-order valence-corrected chi connectivity index (χ1v) is 14.9. The molecule has 1 aliphatic heterocycles. The fourth-order valence-corrected chi connectivity index (χ4v) is 6.00. The smallest absolute Gasteiger partial charge is 0.407 e. The lowest BCUT2D eigenvalue weighted by molar-refractivity contribution is -0.148. The lowest BCUT2D eigenvalue weighted by atomic mass is 9.98. The van der Waals surface area contributed by atoms with Crippen LogP contribution in [-0.4, -0.2) is 61.3 Å². The summed E-state index contributed by atoms with van der Waals surface area (Å²) in [5, 5.41) is 4.91. The van der Waals surface area contributed by atoms with E-state index in [9.17, 15) is 18.8 Å². The monoisotopic (exact) mass is 627 g/mol. The molecule has 11 heteroatoms. The SMILES string of the molecule is CC(=O)OC1CCN(CCC(NC(=O)OCC2c3ccccc3-c3ccccc32)C(=O)Nc2ccc(Cl)c(Cl)c2F)CC1. The number of piperidine rings is 1. The zero-order valence-corrected chi connectivity index (χ0v) is 25.1. The first-order valence-electron chi connectivity index (χ1n) is 14.2. The van der Waals surface area contributed by atoms with Gasteiger partial charge in [-0.25, -0.2) is 9.18 Å². The third kappa shape index (κ3) is 7.29. The van der Waals surface area contributed by atoms with E-state index in [1.54, 1.807) is 0 Å². The average Bonchev–Trinajstić information content (AvgIpc) is 3.32. The summed E-state index contributed by atoms with van der Waals surface area (Å²) in [6, 6.07) is 17.7. The van der Waals surface area contributed by atoms with Crippen molar-refractivity contribution in [3.63, 3.8) is 0 Å². The highest BCUT2D eigenvalue weighted by Gasteiger charge is 2.30. The van der Waals surface area contributed by atoms with Crippen LogP contribution < -0.4 is 10.6 Å². The summed E-state index contributed by atoms with van der Waals surface area (Å²) in [6.07, 6.45) is 0.682. The van der Waals surface area contributed by atoms with Crippen LogP contribution in [0.3, 0.4) is 0 Å². The molecule has 3 aromatic carbocycles. The summed E-state index contributed by atoms with van der Waals surface area (Å²) in [5.41, 5.74) is 4.19. The standard InChI is InChI=1S/C32H32Cl2FN3O5/c1-19(39)43-20-12-15-38(16-13-20)17-14-28(31(40)36-27-11-10-26(33)29(34)30(27)35)37-32(41)42-18-25-23-8-4-2-6-21(23)22-7-3-5-9-24(22)25/h2-11,20,25,28H,12-18H2,1H3,(H,36,40)(H,37,41). The van der Waals surface area contributed by atoms with Crippen molar-refractivity contribution in [3.8, 4) is 11.1 Å². The minimum atomic E-state index is -1.03. The van der Waals surface area contributed by atoms with E-state index in [1.165, 1.54) is 19.1 Å². The number of benzene rings is 3. The maximum absolute atomic E-state index is 14.7. The number of nitrogens with zero attached hydrogens (tertiary/aromatic N) is 1. The zero-order chi connectivity index (χ0) is 30.5. The molecule has 8 nitrogen and oxygen atoms in total. The van der Waals surface area contributed by atoms with Gasteiger partial charge in [-0.3, -0.25) is 9.59 Å². The molecule has 1 saturated heterocycles. The molecule has 43 heavy (non-hydrogen) atoms. The number of ether oxygens (including phenoxy) is 2. The topological polar surface area (TPSA) is 97.0 Å². The predicted octanol–water partition coefficient (Wildman–Crippen LogP) is 6.40. The summed E-state index contributed by atoms with van der Waals surface area (Å²) in [5.74, 6) is -1.94. The van der Waals surface area contributed by atoms with E-state index < -0.39 is 23.9 Å². The molecule has 3 aromatic rings. The highest BCUT2D eigenvalue weighted by molar-refractivity contribution is 6.42. The van der Waals surface area contributed by atoms with E-state index in [-0.39, 0.29) is 46.8 Å². The number of likely N-dealkylation sites (tertiary alicyclic amines) is 1. The molecular formula is C32H32Cl2FN3O5. The van der Waals surface area contributed by atoms with Crippen molar-refractivity contribution in [2.75, 3.05) is 31.6 Å². The number of esters is 1. The van der Waals surface area contributed by atoms with E-state index in [4.69, 9.17) is 32.7 Å². The van der Waals surface area contributed by atoms with E-state index in [1.807, 2.05) is 48.5 Å². The molecular weight excluding hydrogens is 596 g/mol. The Balaban J connectivity index is 1.25. The van der Waals surface area contributed by atoms with Gasteiger partial charge in [-0.2, -0.15) is 0 Å². The molecule has 1 unspecified atom stereocenters. The van der Waals surface area contributed by atoms with E-state index in [0.29, 0.717) is 32.5 Å². The van der Waals surface area contributed by atoms with Crippen LogP contribution in [0.2, 0.25) is 10.0 Å². The van der Waals surface area contributed by atoms with Gasteiger partial charge in [0.25, 0.3) is 0 Å². The van der Waals surface area contributed by atoms with Crippen molar-refractivity contribution >= 4 is 46.9 Å². The maximum atomic E-state index is 14.7. The fraction of sp³-hybridized carbons (Fsp3) is 0.344. The highest BCUT2D eigenvalue weighted by atomic mass is 35.5. The molecule has 2 amide bonds. The van der Waals surface area contributed by atoms with Gasteiger partial charge in [-0.1, -0.05) is 71.7 Å². The first kappa shape index (κ1) is 30.8. The van der Waals surface area contributed by atoms with Crippen LogP contribution in [0.25, 0.3) is 11.1 Å². The lowest BCUT2D eigenvalue weighted by Crippen LogP contribution is -2.47. The third-order valence-corrected chi connectivity index (χ3v) is 8.63. The van der Waals surface area contributed by atoms with Gasteiger partial charge < -0.3 is 25.0 Å². The van der Waals surface area contributed by atoms with Crippen molar-refractivity contribution in [2.24, 2.45) is 0 Å². The molecule has 2 aliphatic rings. The minimum absolute atomic E-state index is 0.0163. The largest absolute Gasteiger partial charge is 0.462 e. The number of halogens is 3. The van der Waals surface area contributed by atoms with Crippen LogP contribution in [0.4, 0.5) is 14.9 Å². The summed E-state index contributed by atoms with van der Waals surface area (Å²) in [4.78, 5) is 39.8. The first-order chi connectivity index (χ1) is 20.7. The van der Waals surface area contributed by atoms with Crippen LogP contribution in [0.15, 0.2) is 60.7 Å². The van der Waals surface area contributed by atoms with E-state index >= 15 is 0 Å². The molecule has 0 bridgehead atoms. The van der Waals surface area contributed by atoms with Crippen LogP contribution in [0, 0.1) is 5.82 Å². The molecule has 5 rings (SSSR count). The maximum Gasteiger partial charge on any atom is 0.407 e. The second-order valence-corrected chi connectivity index (χ2v) is 11.5. The van der Waals surface area contributed by atoms with Crippen LogP contribution in [0.5, 0.6) is 0 Å². The molecule has 226 valence electrons. The Labute approximate surface area is 259 Å². The molecule has 0 saturated carbocycles. The van der Waals surface area contributed by atoms with Crippen molar-refractivity contribution in [2.45, 2.75) is 44.2 Å². The minimum Gasteiger partial charge on any atom is -0.462 e. The summed E-state index contributed by atoms with van der Waals surface area (Å²) in [6.45, 7) is 3.27. The number of rotatable bonds is 9. The van der Waals surface area contributed by atoms with Crippen molar-refractivity contribution in [1.82, 2.24) is 10.2 Å². The Morgan fingerprint density at radius 3 is 2.23 bits per heavy atom. The van der Waals surface area contributed by atoms with E-state index in [2.05, 4.69) is 15.5 Å². The van der Waals surface area contributed by atoms with Crippen LogP contribution >= 0.6 is 23.2 Å². The van der Waals surface area contributed by atoms with Crippen molar-refractivity contribution in [3.05, 3.63) is 87.7 Å². The van der Waals surface area contributed by atoms with Gasteiger partial charge in [0.15, 0.2) is 5.82 Å². The average molecular weight is 629 g/mol. The second kappa shape index (κ2) is 13.8. The Morgan fingerprint density at radius 1 is 0.977 bits per heavy atom. The number of hydrogen-bond donors (Lipinski definition) is 2. The number of alkyl carbamates (subject to hydrolysis) is 1. The molecule has 1 fully saturated rings. The quantitative estimate of drug-likeness (QED) is 0.211. The second-order valence-electron chi connectivity index (χ2n) is 10.7. The molecule has 1 heterocycles. The summed E-state index contributed by atoms with van der Waals surface area (Å²) >= 11 is 11.8. The molecule has 0 spiro atoms.